The first kappa shape index (κ1) is 19.4. The molecule has 0 spiro atoms. The zero-order chi connectivity index (χ0) is 19.6. The molecule has 2 aliphatic heterocycles. The fourth-order valence-electron chi connectivity index (χ4n) is 3.60. The van der Waals surface area contributed by atoms with Crippen molar-refractivity contribution in [2.75, 3.05) is 12.9 Å². The first-order chi connectivity index (χ1) is 13.0. The van der Waals surface area contributed by atoms with Crippen molar-refractivity contribution in [3.8, 4) is 0 Å². The smallest absolute Gasteiger partial charge is 0.336 e. The van der Waals surface area contributed by atoms with Gasteiger partial charge in [-0.2, -0.15) is 0 Å². The quantitative estimate of drug-likeness (QED) is 0.525. The highest BCUT2D eigenvalue weighted by Crippen LogP contribution is 2.40. The van der Waals surface area contributed by atoms with Gasteiger partial charge in [-0.3, -0.25) is 10.1 Å². The van der Waals surface area contributed by atoms with E-state index in [1.54, 1.807) is 25.1 Å². The maximum absolute atomic E-state index is 13.9. The summed E-state index contributed by atoms with van der Waals surface area (Å²) in [6, 6.07) is 5.98. The minimum absolute atomic E-state index is 0.212. The minimum Gasteiger partial charge on any atom is -0.466 e. The monoisotopic (exact) mass is 391 g/mol. The number of allylic oxidation sites excluding steroid dienone is 1. The van der Waals surface area contributed by atoms with E-state index in [0.717, 1.165) is 0 Å². The number of nitrogens with one attached hydrogen (secondary N) is 3. The molecule has 6 nitrogen and oxygen atoms in total. The number of thioether (sulfide) groups is 1. The van der Waals surface area contributed by atoms with E-state index in [0.29, 0.717) is 22.6 Å². The summed E-state index contributed by atoms with van der Waals surface area (Å²) in [5, 5.41) is 9.46. The predicted octanol–water partition coefficient (Wildman–Crippen LogP) is 1.82. The largest absolute Gasteiger partial charge is 0.466 e. The van der Waals surface area contributed by atoms with Gasteiger partial charge in [-0.05, 0) is 24.6 Å². The van der Waals surface area contributed by atoms with E-state index in [4.69, 9.17) is 4.74 Å². The SMILES string of the molecule is C=CCSC1NC(=O)C2C(NC(C)=C(C(=O)OC)C2c2cccc(F)c2)N1. The van der Waals surface area contributed by atoms with Crippen LogP contribution in [0.1, 0.15) is 18.4 Å². The van der Waals surface area contributed by atoms with E-state index < -0.39 is 29.8 Å². The van der Waals surface area contributed by atoms with Crippen LogP contribution in [0, 0.1) is 11.7 Å². The van der Waals surface area contributed by atoms with Crippen LogP contribution < -0.4 is 16.0 Å². The number of esters is 1. The summed E-state index contributed by atoms with van der Waals surface area (Å²) in [7, 11) is 1.29. The second kappa shape index (κ2) is 8.14. The Morgan fingerprint density at radius 1 is 1.41 bits per heavy atom. The highest BCUT2D eigenvalue weighted by atomic mass is 32.2. The number of halogens is 1. The van der Waals surface area contributed by atoms with E-state index in [1.165, 1.54) is 31.0 Å². The van der Waals surface area contributed by atoms with Crippen molar-refractivity contribution in [2.45, 2.75) is 24.5 Å². The summed E-state index contributed by atoms with van der Waals surface area (Å²) in [4.78, 5) is 25.4. The van der Waals surface area contributed by atoms with Crippen molar-refractivity contribution >= 4 is 23.6 Å². The van der Waals surface area contributed by atoms with Crippen LogP contribution in [0.15, 0.2) is 48.2 Å². The molecule has 0 aromatic heterocycles. The number of carbonyl (C=O) groups excluding carboxylic acids is 2. The molecule has 1 amide bonds. The van der Waals surface area contributed by atoms with E-state index >= 15 is 0 Å². The third-order valence-corrected chi connectivity index (χ3v) is 5.72. The van der Waals surface area contributed by atoms with E-state index in [1.807, 2.05) is 0 Å². The molecular weight excluding hydrogens is 369 g/mol. The van der Waals surface area contributed by atoms with Crippen LogP contribution in [0.4, 0.5) is 4.39 Å². The Morgan fingerprint density at radius 3 is 2.85 bits per heavy atom. The molecule has 1 aromatic carbocycles. The fourth-order valence-corrected chi connectivity index (χ4v) is 4.37. The van der Waals surface area contributed by atoms with Crippen LogP contribution in [0.2, 0.25) is 0 Å². The van der Waals surface area contributed by atoms with Crippen molar-refractivity contribution in [1.29, 1.82) is 0 Å². The van der Waals surface area contributed by atoms with Crippen molar-refractivity contribution in [3.05, 3.63) is 59.6 Å². The van der Waals surface area contributed by atoms with Crippen molar-refractivity contribution in [2.24, 2.45) is 5.92 Å². The molecule has 2 heterocycles. The molecule has 0 saturated carbocycles. The summed E-state index contributed by atoms with van der Waals surface area (Å²) in [5.41, 5.74) is 1.20. The molecule has 0 bridgehead atoms. The number of hydrogen-bond acceptors (Lipinski definition) is 6. The van der Waals surface area contributed by atoms with Gasteiger partial charge in [0.1, 0.15) is 11.3 Å². The number of ether oxygens (including phenoxy) is 1. The summed E-state index contributed by atoms with van der Waals surface area (Å²) in [5.74, 6) is -1.76. The number of hydrogen-bond donors (Lipinski definition) is 3. The van der Waals surface area contributed by atoms with Crippen LogP contribution in [-0.2, 0) is 14.3 Å². The Balaban J connectivity index is 2.03. The highest BCUT2D eigenvalue weighted by Gasteiger charge is 2.48. The third kappa shape index (κ3) is 3.86. The molecular formula is C19H22FN3O3S. The van der Waals surface area contributed by atoms with Crippen molar-refractivity contribution in [3.63, 3.8) is 0 Å². The summed E-state index contributed by atoms with van der Waals surface area (Å²) >= 11 is 1.50. The van der Waals surface area contributed by atoms with Gasteiger partial charge in [0.05, 0.1) is 24.8 Å². The van der Waals surface area contributed by atoms with Crippen LogP contribution in [0.25, 0.3) is 0 Å². The maximum atomic E-state index is 13.9. The first-order valence-corrected chi connectivity index (χ1v) is 9.61. The summed E-state index contributed by atoms with van der Waals surface area (Å²) in [6.07, 6.45) is 1.36. The van der Waals surface area contributed by atoms with Gasteiger partial charge in [0.15, 0.2) is 0 Å². The molecule has 144 valence electrons. The number of rotatable bonds is 5. The van der Waals surface area contributed by atoms with Crippen LogP contribution in [0.3, 0.4) is 0 Å². The van der Waals surface area contributed by atoms with Gasteiger partial charge >= 0.3 is 5.97 Å². The normalized spacial score (nSPS) is 27.3. The maximum Gasteiger partial charge on any atom is 0.336 e. The van der Waals surface area contributed by atoms with Crippen LogP contribution in [0.5, 0.6) is 0 Å². The van der Waals surface area contributed by atoms with E-state index in [9.17, 15) is 14.0 Å². The van der Waals surface area contributed by atoms with Crippen LogP contribution >= 0.6 is 11.8 Å². The van der Waals surface area contributed by atoms with Gasteiger partial charge in [0, 0.05) is 17.4 Å². The molecule has 4 unspecified atom stereocenters. The first-order valence-electron chi connectivity index (χ1n) is 8.56. The average molecular weight is 391 g/mol. The molecule has 0 aliphatic carbocycles. The predicted molar refractivity (Wildman–Crippen MR) is 102 cm³/mol. The second-order valence-electron chi connectivity index (χ2n) is 6.39. The molecule has 4 atom stereocenters. The number of benzene rings is 1. The lowest BCUT2D eigenvalue weighted by Gasteiger charge is -2.45. The third-order valence-electron chi connectivity index (χ3n) is 4.71. The average Bonchev–Trinajstić information content (AvgIpc) is 2.64. The van der Waals surface area contributed by atoms with Crippen LogP contribution in [-0.4, -0.2) is 36.4 Å². The molecule has 3 N–H and O–H groups in total. The molecule has 8 heteroatoms. The molecule has 3 rings (SSSR count). The molecule has 27 heavy (non-hydrogen) atoms. The second-order valence-corrected chi connectivity index (χ2v) is 7.53. The minimum atomic E-state index is -0.634. The van der Waals surface area contributed by atoms with Gasteiger partial charge in [-0.15, -0.1) is 18.3 Å². The molecule has 0 radical (unpaired) electrons. The van der Waals surface area contributed by atoms with Crippen molar-refractivity contribution in [1.82, 2.24) is 16.0 Å². The highest BCUT2D eigenvalue weighted by molar-refractivity contribution is 7.99. The van der Waals surface area contributed by atoms with Gasteiger partial charge in [-0.25, -0.2) is 9.18 Å². The number of carbonyl (C=O) groups is 2. The lowest BCUT2D eigenvalue weighted by molar-refractivity contribution is -0.137. The summed E-state index contributed by atoms with van der Waals surface area (Å²) < 4.78 is 18.8. The van der Waals surface area contributed by atoms with Gasteiger partial charge in [0.2, 0.25) is 5.91 Å². The topological polar surface area (TPSA) is 79.5 Å². The molecule has 1 aromatic rings. The van der Waals surface area contributed by atoms with Gasteiger partial charge < -0.3 is 15.4 Å². The Morgan fingerprint density at radius 2 is 2.19 bits per heavy atom. The van der Waals surface area contributed by atoms with E-state index in [-0.39, 0.29) is 11.4 Å². The Labute approximate surface area is 161 Å². The zero-order valence-electron chi connectivity index (χ0n) is 15.1. The van der Waals surface area contributed by atoms with Crippen molar-refractivity contribution < 1.29 is 18.7 Å². The lowest BCUT2D eigenvalue weighted by Crippen LogP contribution is -2.67. The van der Waals surface area contributed by atoms with Gasteiger partial charge in [0.25, 0.3) is 0 Å². The molecule has 2 aliphatic rings. The number of methoxy groups -OCH3 is 1. The zero-order valence-corrected chi connectivity index (χ0v) is 15.9. The Hall–Kier alpha value is -2.32. The molecule has 1 fully saturated rings. The number of fused-ring (bicyclic) bond motifs is 1. The standard InChI is InChI=1S/C19H22FN3O3S/c1-4-8-27-19-22-16-15(17(24)23-19)14(11-6-5-7-12(20)9-11)13(10(2)21-16)18(25)26-3/h4-7,9,14-16,19,21-22H,1,8H2,2-3H3,(H,23,24). The van der Waals surface area contributed by atoms with E-state index in [2.05, 4.69) is 22.5 Å². The summed E-state index contributed by atoms with van der Waals surface area (Å²) in [6.45, 7) is 5.44. The number of amides is 1. The Kier molecular flexibility index (Phi) is 5.86. The fraction of sp³-hybridized carbons (Fsp3) is 0.368. The lowest BCUT2D eigenvalue weighted by atomic mass is 9.74. The van der Waals surface area contributed by atoms with Gasteiger partial charge in [-0.1, -0.05) is 18.2 Å². The molecule has 1 saturated heterocycles. The Bertz CT molecular complexity index is 798.